The maximum absolute atomic E-state index is 6.13. The number of rotatable bonds is 6. The highest BCUT2D eigenvalue weighted by Crippen LogP contribution is 2.36. The Labute approximate surface area is 126 Å². The highest BCUT2D eigenvalue weighted by Gasteiger charge is 2.34. The van der Waals surface area contributed by atoms with E-state index in [-0.39, 0.29) is 6.04 Å². The van der Waals surface area contributed by atoms with Gasteiger partial charge in [-0.1, -0.05) is 29.3 Å². The molecule has 1 fully saturated rings. The van der Waals surface area contributed by atoms with Crippen LogP contribution in [0.1, 0.15) is 41.3 Å². The number of aryl methyl sites for hydroxylation is 2. The van der Waals surface area contributed by atoms with Gasteiger partial charge in [0.25, 0.3) is 0 Å². The highest BCUT2D eigenvalue weighted by molar-refractivity contribution is 5.31. The molecule has 1 aliphatic carbocycles. The smallest absolute Gasteiger partial charge is 0.117 e. The van der Waals surface area contributed by atoms with Crippen molar-refractivity contribution in [1.29, 1.82) is 0 Å². The van der Waals surface area contributed by atoms with Gasteiger partial charge in [0.05, 0.1) is 12.8 Å². The molecule has 1 aliphatic rings. The fraction of sp³-hybridized carbons (Fsp3) is 0.444. The van der Waals surface area contributed by atoms with Gasteiger partial charge < -0.3 is 10.2 Å². The van der Waals surface area contributed by atoms with Gasteiger partial charge in [0.2, 0.25) is 0 Å². The van der Waals surface area contributed by atoms with Crippen LogP contribution in [0, 0.1) is 13.8 Å². The van der Waals surface area contributed by atoms with Crippen molar-refractivity contribution in [3.8, 4) is 0 Å². The summed E-state index contributed by atoms with van der Waals surface area (Å²) in [6.45, 7) is 5.78. The molecule has 3 heteroatoms. The van der Waals surface area contributed by atoms with Gasteiger partial charge in [-0.15, -0.1) is 0 Å². The quantitative estimate of drug-likeness (QED) is 0.882. The number of hydrogen-bond acceptors (Lipinski definition) is 3. The molecule has 1 unspecified atom stereocenters. The minimum Gasteiger partial charge on any atom is -0.468 e. The minimum absolute atomic E-state index is 0.265. The number of hydrogen-bond donors (Lipinski definition) is 1. The Morgan fingerprint density at radius 3 is 2.48 bits per heavy atom. The van der Waals surface area contributed by atoms with Crippen molar-refractivity contribution in [2.75, 3.05) is 6.54 Å². The predicted molar refractivity (Wildman–Crippen MR) is 85.0 cm³/mol. The SMILES string of the molecule is Cc1cc(C)cc(C(CN)N(Cc2ccco2)C2CC2)c1. The van der Waals surface area contributed by atoms with Crippen molar-refractivity contribution in [3.63, 3.8) is 0 Å². The van der Waals surface area contributed by atoms with Gasteiger partial charge in [-0.3, -0.25) is 4.90 Å². The van der Waals surface area contributed by atoms with E-state index in [9.17, 15) is 0 Å². The van der Waals surface area contributed by atoms with Crippen LogP contribution >= 0.6 is 0 Å². The fourth-order valence-electron chi connectivity index (χ4n) is 3.15. The Morgan fingerprint density at radius 2 is 1.95 bits per heavy atom. The third-order valence-electron chi connectivity index (χ3n) is 4.19. The third kappa shape index (κ3) is 3.36. The summed E-state index contributed by atoms with van der Waals surface area (Å²) >= 11 is 0. The lowest BCUT2D eigenvalue weighted by Gasteiger charge is -2.31. The Hall–Kier alpha value is -1.58. The van der Waals surface area contributed by atoms with E-state index in [1.54, 1.807) is 6.26 Å². The van der Waals surface area contributed by atoms with Crippen molar-refractivity contribution < 1.29 is 4.42 Å². The largest absolute Gasteiger partial charge is 0.468 e. The second-order valence-electron chi connectivity index (χ2n) is 6.16. The Balaban J connectivity index is 1.87. The van der Waals surface area contributed by atoms with Crippen LogP contribution < -0.4 is 5.73 Å². The van der Waals surface area contributed by atoms with Crippen LogP contribution in [0.3, 0.4) is 0 Å². The first-order chi connectivity index (χ1) is 10.2. The standard InChI is InChI=1S/C18H24N2O/c1-13-8-14(2)10-15(9-13)18(11-19)20(16-5-6-16)12-17-4-3-7-21-17/h3-4,7-10,16,18H,5-6,11-12,19H2,1-2H3. The average Bonchev–Trinajstić information content (AvgIpc) is 3.15. The molecule has 1 aromatic carbocycles. The summed E-state index contributed by atoms with van der Waals surface area (Å²) in [6, 6.07) is 11.7. The lowest BCUT2D eigenvalue weighted by Crippen LogP contribution is -2.35. The van der Waals surface area contributed by atoms with E-state index < -0.39 is 0 Å². The summed E-state index contributed by atoms with van der Waals surface area (Å²) in [5, 5.41) is 0. The topological polar surface area (TPSA) is 42.4 Å². The van der Waals surface area contributed by atoms with E-state index in [0.717, 1.165) is 12.3 Å². The molecule has 2 N–H and O–H groups in total. The zero-order valence-electron chi connectivity index (χ0n) is 12.9. The average molecular weight is 284 g/mol. The van der Waals surface area contributed by atoms with Crippen molar-refractivity contribution in [1.82, 2.24) is 4.90 Å². The van der Waals surface area contributed by atoms with Gasteiger partial charge >= 0.3 is 0 Å². The number of nitrogens with zero attached hydrogens (tertiary/aromatic N) is 1. The highest BCUT2D eigenvalue weighted by atomic mass is 16.3. The lowest BCUT2D eigenvalue weighted by atomic mass is 9.99. The Morgan fingerprint density at radius 1 is 1.24 bits per heavy atom. The van der Waals surface area contributed by atoms with E-state index in [4.69, 9.17) is 10.2 Å². The zero-order valence-corrected chi connectivity index (χ0v) is 12.9. The summed E-state index contributed by atoms with van der Waals surface area (Å²) < 4.78 is 5.54. The third-order valence-corrected chi connectivity index (χ3v) is 4.19. The molecule has 21 heavy (non-hydrogen) atoms. The second-order valence-corrected chi connectivity index (χ2v) is 6.16. The summed E-state index contributed by atoms with van der Waals surface area (Å²) in [5.41, 5.74) is 10.1. The van der Waals surface area contributed by atoms with Crippen LogP contribution in [0.2, 0.25) is 0 Å². The molecule has 0 aliphatic heterocycles. The van der Waals surface area contributed by atoms with Gasteiger partial charge in [-0.05, 0) is 44.4 Å². The Kier molecular flexibility index (Phi) is 4.13. The van der Waals surface area contributed by atoms with Crippen molar-refractivity contribution >= 4 is 0 Å². The molecule has 1 saturated carbocycles. The number of furan rings is 1. The molecule has 0 spiro atoms. The molecule has 0 saturated heterocycles. The van der Waals surface area contributed by atoms with E-state index in [2.05, 4.69) is 36.9 Å². The first-order valence-electron chi connectivity index (χ1n) is 7.74. The fourth-order valence-corrected chi connectivity index (χ4v) is 3.15. The lowest BCUT2D eigenvalue weighted by molar-refractivity contribution is 0.168. The predicted octanol–water partition coefficient (Wildman–Crippen LogP) is 3.56. The molecule has 0 radical (unpaired) electrons. The van der Waals surface area contributed by atoms with Crippen LogP contribution in [0.4, 0.5) is 0 Å². The minimum atomic E-state index is 0.265. The van der Waals surface area contributed by atoms with Gasteiger partial charge in [0, 0.05) is 18.6 Å². The molecule has 0 bridgehead atoms. The molecular formula is C18H24N2O. The second kappa shape index (κ2) is 6.04. The number of nitrogens with two attached hydrogens (primary N) is 1. The summed E-state index contributed by atoms with van der Waals surface area (Å²) in [6.07, 6.45) is 4.28. The molecule has 0 amide bonds. The van der Waals surface area contributed by atoms with Gasteiger partial charge in [-0.2, -0.15) is 0 Å². The number of benzene rings is 1. The maximum Gasteiger partial charge on any atom is 0.117 e. The van der Waals surface area contributed by atoms with Crippen molar-refractivity contribution in [2.45, 2.75) is 45.3 Å². The van der Waals surface area contributed by atoms with Crippen LogP contribution in [0.5, 0.6) is 0 Å². The summed E-state index contributed by atoms with van der Waals surface area (Å²) in [4.78, 5) is 2.51. The maximum atomic E-state index is 6.13. The van der Waals surface area contributed by atoms with E-state index in [1.807, 2.05) is 12.1 Å². The van der Waals surface area contributed by atoms with Crippen molar-refractivity contribution in [3.05, 3.63) is 59.0 Å². The van der Waals surface area contributed by atoms with Gasteiger partial charge in [-0.25, -0.2) is 0 Å². The monoisotopic (exact) mass is 284 g/mol. The van der Waals surface area contributed by atoms with E-state index in [0.29, 0.717) is 12.6 Å². The molecule has 1 heterocycles. The van der Waals surface area contributed by atoms with Gasteiger partial charge in [0.15, 0.2) is 0 Å². The molecule has 2 aromatic rings. The van der Waals surface area contributed by atoms with Gasteiger partial charge in [0.1, 0.15) is 5.76 Å². The van der Waals surface area contributed by atoms with Crippen molar-refractivity contribution in [2.24, 2.45) is 5.73 Å². The van der Waals surface area contributed by atoms with E-state index >= 15 is 0 Å². The Bertz CT molecular complexity index is 567. The molecule has 1 atom stereocenters. The zero-order chi connectivity index (χ0) is 14.8. The van der Waals surface area contributed by atoms with Crippen LogP contribution in [-0.4, -0.2) is 17.5 Å². The van der Waals surface area contributed by atoms with Crippen LogP contribution in [-0.2, 0) is 6.54 Å². The first kappa shape index (κ1) is 14.4. The van der Waals surface area contributed by atoms with E-state index in [1.165, 1.54) is 29.5 Å². The molecule has 3 nitrogen and oxygen atoms in total. The van der Waals surface area contributed by atoms with Crippen LogP contribution in [0.15, 0.2) is 41.0 Å². The molecule has 3 rings (SSSR count). The molecule has 1 aromatic heterocycles. The van der Waals surface area contributed by atoms with Crippen LogP contribution in [0.25, 0.3) is 0 Å². The molecular weight excluding hydrogens is 260 g/mol. The normalized spacial score (nSPS) is 16.4. The molecule has 112 valence electrons. The summed E-state index contributed by atoms with van der Waals surface area (Å²) in [7, 11) is 0. The first-order valence-corrected chi connectivity index (χ1v) is 7.74. The summed E-state index contributed by atoms with van der Waals surface area (Å²) in [5.74, 6) is 1.02.